The number of aromatic nitrogens is 5. The third kappa shape index (κ3) is 4.59. The van der Waals surface area contributed by atoms with Crippen molar-refractivity contribution in [3.05, 3.63) is 72.3 Å². The van der Waals surface area contributed by atoms with E-state index in [1.165, 1.54) is 0 Å². The topological polar surface area (TPSA) is 98.1 Å². The first-order valence-electron chi connectivity index (χ1n) is 10.9. The minimum Gasteiger partial charge on any atom is -0.298 e. The molecule has 5 rings (SSSR count). The van der Waals surface area contributed by atoms with E-state index in [1.807, 2.05) is 31.4 Å². The summed E-state index contributed by atoms with van der Waals surface area (Å²) in [4.78, 5) is 29.6. The number of nitrogens with zero attached hydrogens (tertiary/aromatic N) is 6. The molecular weight excluding hydrogens is 418 g/mol. The predicted molar refractivity (Wildman–Crippen MR) is 123 cm³/mol. The van der Waals surface area contributed by atoms with Gasteiger partial charge < -0.3 is 0 Å². The van der Waals surface area contributed by atoms with Crippen molar-refractivity contribution in [3.63, 3.8) is 0 Å². The maximum Gasteiger partial charge on any atom is 0.274 e. The highest BCUT2D eigenvalue weighted by molar-refractivity contribution is 5.93. The Morgan fingerprint density at radius 2 is 1.97 bits per heavy atom. The molecule has 1 aliphatic heterocycles. The Bertz CT molecular complexity index is 1270. The fourth-order valence-corrected chi connectivity index (χ4v) is 4.14. The number of amides is 1. The van der Waals surface area contributed by atoms with E-state index in [2.05, 4.69) is 49.8 Å². The summed E-state index contributed by atoms with van der Waals surface area (Å²) in [6, 6.07) is 13.3. The molecule has 2 unspecified atom stereocenters. The van der Waals surface area contributed by atoms with E-state index in [9.17, 15) is 4.79 Å². The van der Waals surface area contributed by atoms with Crippen molar-refractivity contribution in [1.29, 1.82) is 0 Å². The summed E-state index contributed by atoms with van der Waals surface area (Å²) in [6.45, 7) is 0.841. The number of carbonyl (C=O) groups is 1. The number of pyridine rings is 2. The van der Waals surface area contributed by atoms with Crippen LogP contribution in [0.3, 0.4) is 0 Å². The van der Waals surface area contributed by atoms with Crippen LogP contribution in [0.25, 0.3) is 22.2 Å². The van der Waals surface area contributed by atoms with Gasteiger partial charge in [-0.05, 0) is 44.2 Å². The summed E-state index contributed by atoms with van der Waals surface area (Å²) in [6.07, 6.45) is 6.92. The molecule has 0 saturated carbocycles. The quantitative estimate of drug-likeness (QED) is 0.474. The Balaban J connectivity index is 1.32. The first-order chi connectivity index (χ1) is 16.1. The third-order valence-electron chi connectivity index (χ3n) is 6.00. The van der Waals surface area contributed by atoms with Crippen molar-refractivity contribution in [1.82, 2.24) is 35.3 Å². The summed E-state index contributed by atoms with van der Waals surface area (Å²) < 4.78 is 1.67. The van der Waals surface area contributed by atoms with Gasteiger partial charge in [-0.1, -0.05) is 23.4 Å². The highest BCUT2D eigenvalue weighted by Gasteiger charge is 2.29. The maximum absolute atomic E-state index is 12.3. The van der Waals surface area contributed by atoms with Crippen LogP contribution in [0.4, 0.5) is 0 Å². The van der Waals surface area contributed by atoms with Crippen LogP contribution in [0.2, 0.25) is 0 Å². The van der Waals surface area contributed by atoms with Crippen molar-refractivity contribution in [2.24, 2.45) is 7.05 Å². The van der Waals surface area contributed by atoms with E-state index in [1.54, 1.807) is 29.2 Å². The monoisotopic (exact) mass is 443 g/mol. The van der Waals surface area contributed by atoms with Gasteiger partial charge in [0, 0.05) is 36.3 Å². The number of piperidine rings is 1. The lowest BCUT2D eigenvalue weighted by Gasteiger charge is -2.36. The third-order valence-corrected chi connectivity index (χ3v) is 6.00. The summed E-state index contributed by atoms with van der Waals surface area (Å²) in [5, 5.41) is 9.19. The number of benzene rings is 1. The molecule has 1 amide bonds. The van der Waals surface area contributed by atoms with Gasteiger partial charge in [-0.15, -0.1) is 5.10 Å². The Labute approximate surface area is 191 Å². The second-order valence-corrected chi connectivity index (χ2v) is 8.36. The second-order valence-electron chi connectivity index (χ2n) is 8.36. The molecule has 1 fully saturated rings. The average molecular weight is 444 g/mol. The number of nitrogens with one attached hydrogen (secondary N) is 1. The van der Waals surface area contributed by atoms with Crippen LogP contribution >= 0.6 is 0 Å². The van der Waals surface area contributed by atoms with Crippen molar-refractivity contribution in [2.45, 2.75) is 25.0 Å². The zero-order valence-electron chi connectivity index (χ0n) is 18.5. The number of rotatable bonds is 5. The van der Waals surface area contributed by atoms with Crippen LogP contribution in [0.15, 0.2) is 61.1 Å². The van der Waals surface area contributed by atoms with Gasteiger partial charge in [0.05, 0.1) is 35.8 Å². The van der Waals surface area contributed by atoms with Crippen LogP contribution in [0.1, 0.15) is 34.9 Å². The molecule has 9 heteroatoms. The number of fused-ring (bicyclic) bond motifs is 1. The summed E-state index contributed by atoms with van der Waals surface area (Å²) in [7, 11) is 3.93. The van der Waals surface area contributed by atoms with E-state index in [0.29, 0.717) is 5.56 Å². The second kappa shape index (κ2) is 9.05. The normalized spacial score (nSPS) is 19.0. The van der Waals surface area contributed by atoms with E-state index in [-0.39, 0.29) is 18.1 Å². The smallest absolute Gasteiger partial charge is 0.274 e. The van der Waals surface area contributed by atoms with Crippen LogP contribution in [-0.2, 0) is 11.9 Å². The van der Waals surface area contributed by atoms with Gasteiger partial charge in [-0.2, -0.15) is 0 Å². The lowest BCUT2D eigenvalue weighted by molar-refractivity contribution is -0.0542. The molecule has 0 aliphatic carbocycles. The zero-order chi connectivity index (χ0) is 22.8. The highest BCUT2D eigenvalue weighted by Crippen LogP contribution is 2.31. The first kappa shape index (κ1) is 21.2. The molecule has 33 heavy (non-hydrogen) atoms. The summed E-state index contributed by atoms with van der Waals surface area (Å²) >= 11 is 0. The molecule has 0 radical (unpaired) electrons. The molecule has 3 aromatic heterocycles. The Kier molecular flexibility index (Phi) is 5.80. The van der Waals surface area contributed by atoms with Crippen molar-refractivity contribution in [3.8, 4) is 11.3 Å². The molecule has 2 atom stereocenters. The van der Waals surface area contributed by atoms with Crippen molar-refractivity contribution < 1.29 is 9.63 Å². The average Bonchev–Trinajstić information content (AvgIpc) is 3.29. The highest BCUT2D eigenvalue weighted by atomic mass is 16.7. The molecule has 1 aromatic carbocycles. The Morgan fingerprint density at radius 3 is 2.76 bits per heavy atom. The lowest BCUT2D eigenvalue weighted by Crippen LogP contribution is -2.40. The predicted octanol–water partition coefficient (Wildman–Crippen LogP) is 2.92. The van der Waals surface area contributed by atoms with E-state index < -0.39 is 0 Å². The molecule has 1 aliphatic rings. The lowest BCUT2D eigenvalue weighted by atomic mass is 9.96. The number of hydrogen-bond acceptors (Lipinski definition) is 7. The fraction of sp³-hybridized carbons (Fsp3) is 0.292. The van der Waals surface area contributed by atoms with Gasteiger partial charge in [0.1, 0.15) is 5.69 Å². The van der Waals surface area contributed by atoms with Gasteiger partial charge in [0.2, 0.25) is 0 Å². The van der Waals surface area contributed by atoms with Crippen LogP contribution in [0, 0.1) is 0 Å². The van der Waals surface area contributed by atoms with Gasteiger partial charge in [0.25, 0.3) is 5.91 Å². The van der Waals surface area contributed by atoms with Crippen LogP contribution < -0.4 is 5.48 Å². The zero-order valence-corrected chi connectivity index (χ0v) is 18.5. The number of carbonyl (C=O) groups excluding carboxylic acids is 1. The van der Waals surface area contributed by atoms with Crippen molar-refractivity contribution >= 4 is 16.8 Å². The molecule has 0 spiro atoms. The minimum atomic E-state index is -0.238. The number of aryl methyl sites for hydroxylation is 1. The first-order valence-corrected chi connectivity index (χ1v) is 10.9. The molecule has 4 heterocycles. The molecule has 1 saturated heterocycles. The number of hydroxylamine groups is 1. The Morgan fingerprint density at radius 1 is 1.12 bits per heavy atom. The fourth-order valence-electron chi connectivity index (χ4n) is 4.14. The maximum atomic E-state index is 12.3. The molecule has 0 bridgehead atoms. The standard InChI is InChI=1S/C24H25N7O2/c1-30-9-8-19(33-28-24(32)16-6-4-3-5-7-16)12-23(30)20-11-17-10-18(13-25-21(17)14-26-20)22-15-31(2)29-27-22/h3-7,10-11,13-15,19,23H,8-9,12H2,1-2H3,(H,28,32). The van der Waals surface area contributed by atoms with E-state index >= 15 is 0 Å². The minimum absolute atomic E-state index is 0.0713. The van der Waals surface area contributed by atoms with E-state index in [4.69, 9.17) is 4.84 Å². The summed E-state index contributed by atoms with van der Waals surface area (Å²) in [5.41, 5.74) is 6.65. The Hall–Kier alpha value is -3.69. The number of hydrogen-bond donors (Lipinski definition) is 1. The van der Waals surface area contributed by atoms with Gasteiger partial charge in [-0.25, -0.2) is 5.48 Å². The number of likely N-dealkylation sites (tertiary alicyclic amines) is 1. The van der Waals surface area contributed by atoms with Crippen molar-refractivity contribution in [2.75, 3.05) is 13.6 Å². The van der Waals surface area contributed by atoms with Crippen LogP contribution in [-0.4, -0.2) is 55.5 Å². The SMILES string of the molecule is CN1CCC(ONC(=O)c2ccccc2)CC1c1cc2cc(-c3cn(C)nn3)cnc2cn1. The molecular formula is C24H25N7O2. The molecule has 168 valence electrons. The van der Waals surface area contributed by atoms with Gasteiger partial charge in [-0.3, -0.25) is 29.2 Å². The molecule has 4 aromatic rings. The molecule has 1 N–H and O–H groups in total. The molecule has 9 nitrogen and oxygen atoms in total. The van der Waals surface area contributed by atoms with Gasteiger partial charge >= 0.3 is 0 Å². The largest absolute Gasteiger partial charge is 0.298 e. The van der Waals surface area contributed by atoms with Crippen LogP contribution in [0.5, 0.6) is 0 Å². The van der Waals surface area contributed by atoms with E-state index in [0.717, 1.165) is 47.2 Å². The van der Waals surface area contributed by atoms with Gasteiger partial charge in [0.15, 0.2) is 0 Å². The summed E-state index contributed by atoms with van der Waals surface area (Å²) in [5.74, 6) is -0.238.